The number of carbonyl (C=O) groups excluding carboxylic acids is 2. The number of ether oxygens (including phenoxy) is 2. The molecule has 1 amide bonds. The van der Waals surface area contributed by atoms with E-state index in [0.29, 0.717) is 37.3 Å². The van der Waals surface area contributed by atoms with Crippen LogP contribution in [0.25, 0.3) is 16.7 Å². The summed E-state index contributed by atoms with van der Waals surface area (Å²) in [5.41, 5.74) is 0.710. The van der Waals surface area contributed by atoms with Crippen molar-refractivity contribution >= 4 is 28.6 Å². The van der Waals surface area contributed by atoms with Gasteiger partial charge < -0.3 is 14.0 Å². The van der Waals surface area contributed by atoms with Crippen LogP contribution in [-0.4, -0.2) is 46.2 Å². The van der Waals surface area contributed by atoms with Crippen molar-refractivity contribution in [2.75, 3.05) is 20.3 Å². The first kappa shape index (κ1) is 23.3. The number of unbranched alkanes of at least 4 members (excludes halogenated alkanes) is 1. The number of esters is 1. The predicted molar refractivity (Wildman–Crippen MR) is 120 cm³/mol. The van der Waals surface area contributed by atoms with Gasteiger partial charge in [0.1, 0.15) is 16.9 Å². The molecule has 0 atom stereocenters. The summed E-state index contributed by atoms with van der Waals surface area (Å²) in [5.74, 6) is -0.982. The van der Waals surface area contributed by atoms with Gasteiger partial charge in [-0.25, -0.2) is 9.78 Å². The number of methoxy groups -OCH3 is 1. The Hall–Kier alpha value is -3.33. The summed E-state index contributed by atoms with van der Waals surface area (Å²) >= 11 is 0. The van der Waals surface area contributed by atoms with E-state index in [1.807, 2.05) is 6.92 Å². The molecule has 0 fully saturated rings. The van der Waals surface area contributed by atoms with Crippen molar-refractivity contribution < 1.29 is 19.1 Å². The monoisotopic (exact) mass is 440 g/mol. The summed E-state index contributed by atoms with van der Waals surface area (Å²) in [6, 6.07) is 6.68. The maximum absolute atomic E-state index is 13.2. The summed E-state index contributed by atoms with van der Waals surface area (Å²) in [6.45, 7) is 4.64. The molecule has 0 aliphatic rings. The maximum atomic E-state index is 13.2. The fourth-order valence-corrected chi connectivity index (χ4v) is 3.44. The van der Waals surface area contributed by atoms with Gasteiger partial charge in [0.15, 0.2) is 5.49 Å². The van der Waals surface area contributed by atoms with Crippen LogP contribution in [0.2, 0.25) is 0 Å². The Morgan fingerprint density at radius 2 is 2.00 bits per heavy atom. The summed E-state index contributed by atoms with van der Waals surface area (Å²) in [5, 5.41) is 0.245. The number of hydrogen-bond donors (Lipinski definition) is 0. The number of fused-ring (bicyclic) bond motifs is 2. The zero-order valence-electron chi connectivity index (χ0n) is 18.7. The van der Waals surface area contributed by atoms with E-state index in [1.165, 1.54) is 10.5 Å². The minimum atomic E-state index is -0.644. The Kier molecular flexibility index (Phi) is 7.88. The van der Waals surface area contributed by atoms with Crippen molar-refractivity contribution in [2.24, 2.45) is 4.99 Å². The van der Waals surface area contributed by atoms with Crippen LogP contribution in [0, 0.1) is 0 Å². The number of amides is 1. The van der Waals surface area contributed by atoms with E-state index in [2.05, 4.69) is 9.98 Å². The highest BCUT2D eigenvalue weighted by Crippen LogP contribution is 2.12. The van der Waals surface area contributed by atoms with Crippen molar-refractivity contribution in [3.63, 3.8) is 0 Å². The van der Waals surface area contributed by atoms with Gasteiger partial charge in [-0.1, -0.05) is 19.4 Å². The Morgan fingerprint density at radius 3 is 2.72 bits per heavy atom. The third-order valence-corrected chi connectivity index (χ3v) is 4.99. The number of aryl methyl sites for hydroxylation is 1. The van der Waals surface area contributed by atoms with Crippen LogP contribution in [0.15, 0.2) is 40.2 Å². The first-order valence-electron chi connectivity index (χ1n) is 10.8. The largest absolute Gasteiger partial charge is 0.462 e. The lowest BCUT2D eigenvalue weighted by atomic mass is 10.2. The lowest BCUT2D eigenvalue weighted by Gasteiger charge is -2.15. The van der Waals surface area contributed by atoms with E-state index in [-0.39, 0.29) is 40.9 Å². The Balaban J connectivity index is 2.40. The molecule has 3 aromatic heterocycles. The summed E-state index contributed by atoms with van der Waals surface area (Å²) in [4.78, 5) is 47.5. The maximum Gasteiger partial charge on any atom is 0.341 e. The zero-order valence-corrected chi connectivity index (χ0v) is 18.7. The van der Waals surface area contributed by atoms with Crippen LogP contribution >= 0.6 is 0 Å². The Labute approximate surface area is 185 Å². The third kappa shape index (κ3) is 4.94. The third-order valence-electron chi connectivity index (χ3n) is 4.99. The van der Waals surface area contributed by atoms with Crippen molar-refractivity contribution in [1.82, 2.24) is 14.0 Å². The van der Waals surface area contributed by atoms with Gasteiger partial charge in [0, 0.05) is 32.9 Å². The van der Waals surface area contributed by atoms with Crippen molar-refractivity contribution in [1.29, 1.82) is 0 Å². The molecule has 32 heavy (non-hydrogen) atoms. The van der Waals surface area contributed by atoms with Crippen LogP contribution in [0.5, 0.6) is 0 Å². The Morgan fingerprint density at radius 1 is 1.19 bits per heavy atom. The molecule has 0 saturated heterocycles. The number of nitrogens with zero attached hydrogens (tertiary/aromatic N) is 4. The van der Waals surface area contributed by atoms with Gasteiger partial charge in [0.2, 0.25) is 5.91 Å². The molecule has 0 saturated carbocycles. The molecule has 0 aliphatic heterocycles. The molecule has 0 bridgehead atoms. The number of pyridine rings is 2. The van der Waals surface area contributed by atoms with Crippen molar-refractivity contribution in [3.05, 3.63) is 51.9 Å². The fraction of sp³-hybridized carbons (Fsp3) is 0.435. The van der Waals surface area contributed by atoms with Gasteiger partial charge in [-0.05, 0) is 38.0 Å². The second-order valence-electron chi connectivity index (χ2n) is 7.29. The Bertz CT molecular complexity index is 1260. The fourth-order valence-electron chi connectivity index (χ4n) is 3.44. The number of carbonyl (C=O) groups is 2. The number of hydrogen-bond acceptors (Lipinski definition) is 6. The van der Waals surface area contributed by atoms with Gasteiger partial charge in [0.25, 0.3) is 5.56 Å². The van der Waals surface area contributed by atoms with Gasteiger partial charge >= 0.3 is 5.97 Å². The standard InChI is InChI=1S/C23H28N4O5/c1-4-6-11-19(28)25-21-17(23(30)32-5-2)15-16-20(27(21)13-9-14-31-3)24-18-10-7-8-12-26(18)22(16)29/h7-8,10,12,15H,4-6,9,11,13-14H2,1-3H3. The summed E-state index contributed by atoms with van der Waals surface area (Å²) in [6.07, 6.45) is 4.00. The molecule has 9 heteroatoms. The van der Waals surface area contributed by atoms with Gasteiger partial charge in [-0.2, -0.15) is 4.99 Å². The van der Waals surface area contributed by atoms with Crippen LogP contribution in [0.3, 0.4) is 0 Å². The molecule has 0 unspecified atom stereocenters. The van der Waals surface area contributed by atoms with Crippen molar-refractivity contribution in [3.8, 4) is 0 Å². The average Bonchev–Trinajstić information content (AvgIpc) is 2.79. The summed E-state index contributed by atoms with van der Waals surface area (Å²) in [7, 11) is 1.59. The average molecular weight is 441 g/mol. The van der Waals surface area contributed by atoms with E-state index in [9.17, 15) is 14.4 Å². The first-order valence-corrected chi connectivity index (χ1v) is 10.8. The molecule has 3 aromatic rings. The number of aromatic nitrogens is 3. The quantitative estimate of drug-likeness (QED) is 0.288. The minimum Gasteiger partial charge on any atom is -0.462 e. The molecule has 0 aliphatic carbocycles. The molecule has 9 nitrogen and oxygen atoms in total. The predicted octanol–water partition coefficient (Wildman–Crippen LogP) is 2.48. The molecule has 170 valence electrons. The summed E-state index contributed by atoms with van der Waals surface area (Å²) < 4.78 is 13.5. The van der Waals surface area contributed by atoms with E-state index in [1.54, 1.807) is 43.0 Å². The van der Waals surface area contributed by atoms with Crippen LogP contribution in [0.1, 0.15) is 49.9 Å². The van der Waals surface area contributed by atoms with Gasteiger partial charge in [-0.3, -0.25) is 14.0 Å². The van der Waals surface area contributed by atoms with Crippen molar-refractivity contribution in [2.45, 2.75) is 46.1 Å². The highest BCUT2D eigenvalue weighted by Gasteiger charge is 2.19. The van der Waals surface area contributed by atoms with Gasteiger partial charge in [0.05, 0.1) is 12.0 Å². The van der Waals surface area contributed by atoms with E-state index in [0.717, 1.165) is 6.42 Å². The lowest BCUT2D eigenvalue weighted by Crippen LogP contribution is -2.33. The molecule has 0 spiro atoms. The highest BCUT2D eigenvalue weighted by molar-refractivity contribution is 5.93. The molecular weight excluding hydrogens is 412 g/mol. The molecule has 0 aromatic carbocycles. The molecular formula is C23H28N4O5. The topological polar surface area (TPSA) is 104 Å². The van der Waals surface area contributed by atoms with E-state index < -0.39 is 5.97 Å². The molecule has 3 heterocycles. The lowest BCUT2D eigenvalue weighted by molar-refractivity contribution is -0.118. The van der Waals surface area contributed by atoms with E-state index in [4.69, 9.17) is 9.47 Å². The second-order valence-corrected chi connectivity index (χ2v) is 7.29. The normalized spacial score (nSPS) is 11.9. The minimum absolute atomic E-state index is 0.0661. The highest BCUT2D eigenvalue weighted by atomic mass is 16.5. The van der Waals surface area contributed by atoms with Crippen LogP contribution in [0.4, 0.5) is 0 Å². The van der Waals surface area contributed by atoms with Gasteiger partial charge in [-0.15, -0.1) is 0 Å². The van der Waals surface area contributed by atoms with E-state index >= 15 is 0 Å². The smallest absolute Gasteiger partial charge is 0.341 e. The van der Waals surface area contributed by atoms with Crippen LogP contribution in [-0.2, 0) is 20.8 Å². The SMILES string of the molecule is CCCCC(=O)N=c1c(C(=O)OCC)cc2c(=O)n3ccccc3nc2n1CCCOC. The van der Waals surface area contributed by atoms with Crippen LogP contribution < -0.4 is 11.0 Å². The molecule has 0 N–H and O–H groups in total. The molecule has 0 radical (unpaired) electrons. The second kappa shape index (κ2) is 10.8. The zero-order chi connectivity index (χ0) is 23.1. The number of rotatable bonds is 9. The first-order chi connectivity index (χ1) is 15.5. The molecule has 3 rings (SSSR count).